The molecule has 0 saturated carbocycles. The Morgan fingerprint density at radius 3 is 2.54 bits per heavy atom. The van der Waals surface area contributed by atoms with Gasteiger partial charge < -0.3 is 16.2 Å². The molecule has 0 aliphatic carbocycles. The Morgan fingerprint density at radius 1 is 1.12 bits per heavy atom. The van der Waals surface area contributed by atoms with Crippen LogP contribution in [0.1, 0.15) is 16.3 Å². The zero-order valence-corrected chi connectivity index (χ0v) is 12.3. The molecule has 2 heterocycles. The maximum Gasteiger partial charge on any atom is 0.359 e. The van der Waals surface area contributed by atoms with Gasteiger partial charge in [-0.1, -0.05) is 12.1 Å². The molecule has 3 rings (SSSR count). The molecule has 0 radical (unpaired) electrons. The van der Waals surface area contributed by atoms with Gasteiger partial charge in [0.15, 0.2) is 18.1 Å². The first-order chi connectivity index (χ1) is 11.5. The summed E-state index contributed by atoms with van der Waals surface area (Å²) in [5.74, 6) is -1.21. The van der Waals surface area contributed by atoms with E-state index in [1.54, 1.807) is 12.1 Å². The van der Waals surface area contributed by atoms with Gasteiger partial charge in [-0.25, -0.2) is 13.9 Å². The molecule has 0 spiro atoms. The molecule has 0 atom stereocenters. The van der Waals surface area contributed by atoms with Crippen molar-refractivity contribution in [2.45, 2.75) is 6.61 Å². The number of nitrogens with zero attached hydrogens (tertiary/aromatic N) is 5. The highest BCUT2D eigenvalue weighted by atomic mass is 19.1. The summed E-state index contributed by atoms with van der Waals surface area (Å²) in [5.41, 5.74) is 11.1. The minimum absolute atomic E-state index is 0.00764. The summed E-state index contributed by atoms with van der Waals surface area (Å²) in [5, 5.41) is 3.99. The summed E-state index contributed by atoms with van der Waals surface area (Å²) < 4.78 is 20.0. The number of nitrogens with two attached hydrogens (primary N) is 2. The number of nitrogen functional groups attached to an aromatic ring is 2. The lowest BCUT2D eigenvalue weighted by molar-refractivity contribution is 0.0454. The molecular formula is C14H12FN7O2. The van der Waals surface area contributed by atoms with Crippen LogP contribution in [0, 0.1) is 5.82 Å². The SMILES string of the molecule is Nc1nc(N)nc(COC(=O)c2ccn(-c3ccccc3F)n2)n1. The van der Waals surface area contributed by atoms with Crippen molar-refractivity contribution in [2.24, 2.45) is 0 Å². The number of hydrogen-bond donors (Lipinski definition) is 2. The lowest BCUT2D eigenvalue weighted by Crippen LogP contribution is -2.12. The Hall–Kier alpha value is -3.56. The standard InChI is InChI=1S/C14H12FN7O2/c15-8-3-1-2-4-10(8)22-6-5-9(21-22)12(23)24-7-11-18-13(16)20-14(17)19-11/h1-6H,7H2,(H4,16,17,18,19,20). The highest BCUT2D eigenvalue weighted by molar-refractivity contribution is 5.87. The Balaban J connectivity index is 1.71. The molecule has 0 fully saturated rings. The Kier molecular flexibility index (Phi) is 4.01. The number of aromatic nitrogens is 5. The first kappa shape index (κ1) is 15.3. The maximum atomic E-state index is 13.7. The molecule has 0 aliphatic rings. The van der Waals surface area contributed by atoms with Gasteiger partial charge in [-0.05, 0) is 18.2 Å². The van der Waals surface area contributed by atoms with Gasteiger partial charge in [-0.3, -0.25) is 0 Å². The van der Waals surface area contributed by atoms with Crippen LogP contribution in [0.3, 0.4) is 0 Å². The predicted octanol–water partition coefficient (Wildman–Crippen LogP) is 0.718. The predicted molar refractivity (Wildman–Crippen MR) is 81.3 cm³/mol. The number of anilines is 2. The lowest BCUT2D eigenvalue weighted by atomic mass is 10.3. The molecule has 2 aromatic heterocycles. The van der Waals surface area contributed by atoms with Gasteiger partial charge in [-0.15, -0.1) is 0 Å². The van der Waals surface area contributed by atoms with Crippen molar-refractivity contribution >= 4 is 17.9 Å². The van der Waals surface area contributed by atoms with E-state index >= 15 is 0 Å². The molecule has 3 aromatic rings. The van der Waals surface area contributed by atoms with Crippen LogP contribution in [0.15, 0.2) is 36.5 Å². The maximum absolute atomic E-state index is 13.7. The highest BCUT2D eigenvalue weighted by Gasteiger charge is 2.14. The average molecular weight is 329 g/mol. The fraction of sp³-hybridized carbons (Fsp3) is 0.0714. The van der Waals surface area contributed by atoms with Gasteiger partial charge in [0.1, 0.15) is 11.5 Å². The largest absolute Gasteiger partial charge is 0.453 e. The summed E-state index contributed by atoms with van der Waals surface area (Å²) in [6.07, 6.45) is 1.45. The second kappa shape index (κ2) is 6.28. The molecule has 0 saturated heterocycles. The minimum atomic E-state index is -0.720. The molecule has 0 bridgehead atoms. The van der Waals surface area contributed by atoms with Crippen LogP contribution in [-0.2, 0) is 11.3 Å². The van der Waals surface area contributed by atoms with Gasteiger partial charge in [-0.2, -0.15) is 20.1 Å². The molecule has 24 heavy (non-hydrogen) atoms. The second-order valence-corrected chi connectivity index (χ2v) is 4.64. The third kappa shape index (κ3) is 3.27. The first-order valence-corrected chi connectivity index (χ1v) is 6.76. The summed E-state index contributed by atoms with van der Waals surface area (Å²) in [7, 11) is 0. The zero-order chi connectivity index (χ0) is 17.1. The first-order valence-electron chi connectivity index (χ1n) is 6.76. The van der Waals surface area contributed by atoms with E-state index in [-0.39, 0.29) is 35.7 Å². The Bertz CT molecular complexity index is 876. The summed E-state index contributed by atoms with van der Waals surface area (Å²) in [6.45, 7) is -0.248. The van der Waals surface area contributed by atoms with Crippen LogP contribution in [-0.4, -0.2) is 30.7 Å². The molecule has 0 amide bonds. The Labute approximate surface area is 135 Å². The van der Waals surface area contributed by atoms with E-state index in [0.717, 1.165) is 0 Å². The van der Waals surface area contributed by atoms with E-state index in [9.17, 15) is 9.18 Å². The third-order valence-electron chi connectivity index (χ3n) is 2.95. The zero-order valence-electron chi connectivity index (χ0n) is 12.3. The van der Waals surface area contributed by atoms with E-state index in [2.05, 4.69) is 20.1 Å². The van der Waals surface area contributed by atoms with Gasteiger partial charge in [0.2, 0.25) is 11.9 Å². The summed E-state index contributed by atoms with van der Waals surface area (Å²) in [4.78, 5) is 23.2. The monoisotopic (exact) mass is 329 g/mol. The van der Waals surface area contributed by atoms with Crippen LogP contribution in [0.25, 0.3) is 5.69 Å². The number of carbonyl (C=O) groups excluding carboxylic acids is 1. The van der Waals surface area contributed by atoms with Crippen molar-refractivity contribution in [3.8, 4) is 5.69 Å². The van der Waals surface area contributed by atoms with Crippen LogP contribution in [0.2, 0.25) is 0 Å². The Morgan fingerprint density at radius 2 is 1.83 bits per heavy atom. The molecular weight excluding hydrogens is 317 g/mol. The number of benzene rings is 1. The van der Waals surface area contributed by atoms with Gasteiger partial charge in [0, 0.05) is 6.20 Å². The number of halogens is 1. The van der Waals surface area contributed by atoms with Crippen LogP contribution < -0.4 is 11.5 Å². The lowest BCUT2D eigenvalue weighted by Gasteiger charge is -2.04. The van der Waals surface area contributed by atoms with E-state index < -0.39 is 11.8 Å². The van der Waals surface area contributed by atoms with Crippen molar-refractivity contribution in [3.05, 3.63) is 53.9 Å². The summed E-state index contributed by atoms with van der Waals surface area (Å²) in [6, 6.07) is 7.46. The molecule has 1 aromatic carbocycles. The fourth-order valence-electron chi connectivity index (χ4n) is 1.93. The molecule has 10 heteroatoms. The molecule has 122 valence electrons. The normalized spacial score (nSPS) is 10.5. The van der Waals surface area contributed by atoms with E-state index in [4.69, 9.17) is 16.2 Å². The topological polar surface area (TPSA) is 135 Å². The van der Waals surface area contributed by atoms with E-state index in [1.165, 1.54) is 29.1 Å². The van der Waals surface area contributed by atoms with Crippen molar-refractivity contribution in [1.29, 1.82) is 0 Å². The average Bonchev–Trinajstić information content (AvgIpc) is 3.02. The molecule has 9 nitrogen and oxygen atoms in total. The second-order valence-electron chi connectivity index (χ2n) is 4.64. The quantitative estimate of drug-likeness (QED) is 0.668. The fourth-order valence-corrected chi connectivity index (χ4v) is 1.93. The summed E-state index contributed by atoms with van der Waals surface area (Å²) >= 11 is 0. The smallest absolute Gasteiger partial charge is 0.359 e. The minimum Gasteiger partial charge on any atom is -0.453 e. The van der Waals surface area contributed by atoms with Crippen LogP contribution in [0.5, 0.6) is 0 Å². The van der Waals surface area contributed by atoms with Crippen molar-refractivity contribution in [2.75, 3.05) is 11.5 Å². The van der Waals surface area contributed by atoms with Crippen LogP contribution in [0.4, 0.5) is 16.3 Å². The number of ether oxygens (including phenoxy) is 1. The number of esters is 1. The number of carbonyl (C=O) groups is 1. The van der Waals surface area contributed by atoms with E-state index in [0.29, 0.717) is 0 Å². The number of rotatable bonds is 4. The van der Waals surface area contributed by atoms with Gasteiger partial charge in [0.05, 0.1) is 0 Å². The molecule has 0 aliphatic heterocycles. The molecule has 4 N–H and O–H groups in total. The third-order valence-corrected chi connectivity index (χ3v) is 2.95. The van der Waals surface area contributed by atoms with Crippen molar-refractivity contribution in [1.82, 2.24) is 24.7 Å². The van der Waals surface area contributed by atoms with Gasteiger partial charge >= 0.3 is 5.97 Å². The highest BCUT2D eigenvalue weighted by Crippen LogP contribution is 2.12. The van der Waals surface area contributed by atoms with Crippen molar-refractivity contribution < 1.29 is 13.9 Å². The number of para-hydroxylation sites is 1. The van der Waals surface area contributed by atoms with Crippen molar-refractivity contribution in [3.63, 3.8) is 0 Å². The number of hydrogen-bond acceptors (Lipinski definition) is 8. The van der Waals surface area contributed by atoms with E-state index in [1.807, 2.05) is 0 Å². The molecule has 0 unspecified atom stereocenters. The van der Waals surface area contributed by atoms with Gasteiger partial charge in [0.25, 0.3) is 0 Å². The van der Waals surface area contributed by atoms with Crippen LogP contribution >= 0.6 is 0 Å².